The van der Waals surface area contributed by atoms with E-state index in [9.17, 15) is 14.9 Å². The summed E-state index contributed by atoms with van der Waals surface area (Å²) < 4.78 is 9.73. The van der Waals surface area contributed by atoms with E-state index in [0.717, 1.165) is 0 Å². The van der Waals surface area contributed by atoms with Crippen molar-refractivity contribution in [2.24, 2.45) is 0 Å². The van der Waals surface area contributed by atoms with Crippen molar-refractivity contribution in [3.8, 4) is 5.75 Å². The zero-order valence-corrected chi connectivity index (χ0v) is 10.5. The van der Waals surface area contributed by atoms with Gasteiger partial charge in [-0.15, -0.1) is 0 Å². The number of esters is 1. The third-order valence-electron chi connectivity index (χ3n) is 2.41. The summed E-state index contributed by atoms with van der Waals surface area (Å²) in [7, 11) is 1.29. The summed E-state index contributed by atoms with van der Waals surface area (Å²) in [4.78, 5) is 21.1. The molecule has 0 fully saturated rings. The van der Waals surface area contributed by atoms with Crippen LogP contribution in [0.5, 0.6) is 5.75 Å². The fraction of sp³-hybridized carbons (Fsp3) is 0.417. The molecule has 0 heterocycles. The first-order valence-electron chi connectivity index (χ1n) is 5.66. The zero-order valence-electron chi connectivity index (χ0n) is 10.5. The lowest BCUT2D eigenvalue weighted by Gasteiger charge is -2.07. The van der Waals surface area contributed by atoms with Crippen LogP contribution in [-0.4, -0.2) is 29.7 Å². The predicted molar refractivity (Wildman–Crippen MR) is 65.8 cm³/mol. The van der Waals surface area contributed by atoms with Crippen molar-refractivity contribution >= 4 is 11.7 Å². The Labute approximate surface area is 109 Å². The van der Waals surface area contributed by atoms with Crippen molar-refractivity contribution in [3.63, 3.8) is 0 Å². The van der Waals surface area contributed by atoms with Crippen LogP contribution < -0.4 is 4.74 Å². The van der Waals surface area contributed by atoms with Crippen molar-refractivity contribution in [3.05, 3.63) is 33.9 Å². The number of rotatable bonds is 7. The Morgan fingerprint density at radius 1 is 1.47 bits per heavy atom. The molecule has 0 bridgehead atoms. The van der Waals surface area contributed by atoms with Gasteiger partial charge in [0.15, 0.2) is 5.75 Å². The summed E-state index contributed by atoms with van der Waals surface area (Å²) in [5, 5.41) is 19.8. The zero-order chi connectivity index (χ0) is 14.3. The molecule has 1 N–H and O–H groups in total. The van der Waals surface area contributed by atoms with Crippen molar-refractivity contribution in [1.29, 1.82) is 0 Å². The molecule has 0 aliphatic heterocycles. The van der Waals surface area contributed by atoms with Crippen LogP contribution in [0.25, 0.3) is 0 Å². The number of hydrogen-bond donors (Lipinski definition) is 1. The number of carbonyl (C=O) groups is 1. The third-order valence-corrected chi connectivity index (χ3v) is 2.41. The molecule has 0 radical (unpaired) electrons. The second-order valence-electron chi connectivity index (χ2n) is 3.75. The summed E-state index contributed by atoms with van der Waals surface area (Å²) in [6, 6.07) is 4.24. The number of methoxy groups -OCH3 is 1. The lowest BCUT2D eigenvalue weighted by atomic mass is 10.2. The minimum absolute atomic E-state index is 0.118. The van der Waals surface area contributed by atoms with Crippen LogP contribution in [0.2, 0.25) is 0 Å². The Kier molecular flexibility index (Phi) is 5.74. The second kappa shape index (κ2) is 7.32. The Hall–Kier alpha value is -2.15. The van der Waals surface area contributed by atoms with E-state index in [4.69, 9.17) is 9.84 Å². The molecule has 0 amide bonds. The van der Waals surface area contributed by atoms with E-state index in [0.29, 0.717) is 12.0 Å². The van der Waals surface area contributed by atoms with E-state index in [1.165, 1.54) is 19.2 Å². The van der Waals surface area contributed by atoms with Gasteiger partial charge in [0.05, 0.1) is 25.2 Å². The Balaban J connectivity index is 2.62. The van der Waals surface area contributed by atoms with E-state index in [1.807, 2.05) is 0 Å². The molecule has 0 spiro atoms. The molecule has 0 unspecified atom stereocenters. The van der Waals surface area contributed by atoms with Gasteiger partial charge < -0.3 is 14.6 Å². The summed E-state index contributed by atoms with van der Waals surface area (Å²) in [6.45, 7) is -0.0993. The lowest BCUT2D eigenvalue weighted by Crippen LogP contribution is -2.05. The van der Waals surface area contributed by atoms with E-state index >= 15 is 0 Å². The molecule has 0 atom stereocenters. The number of carbonyl (C=O) groups excluding carboxylic acids is 1. The van der Waals surface area contributed by atoms with E-state index in [1.54, 1.807) is 6.07 Å². The maximum absolute atomic E-state index is 10.9. The van der Waals surface area contributed by atoms with Gasteiger partial charge in [0, 0.05) is 12.5 Å². The maximum atomic E-state index is 10.9. The highest BCUT2D eigenvalue weighted by molar-refractivity contribution is 5.69. The molecular formula is C12H15NO6. The summed E-state index contributed by atoms with van der Waals surface area (Å²) in [6.07, 6.45) is 0.602. The molecule has 7 heteroatoms. The highest BCUT2D eigenvalue weighted by atomic mass is 16.6. The van der Waals surface area contributed by atoms with Crippen LogP contribution in [0, 0.1) is 10.1 Å². The van der Waals surface area contributed by atoms with E-state index in [2.05, 4.69) is 4.74 Å². The second-order valence-corrected chi connectivity index (χ2v) is 3.75. The fourth-order valence-corrected chi connectivity index (χ4v) is 1.43. The number of nitro groups is 1. The number of nitro benzene ring substituents is 1. The number of aliphatic hydroxyl groups excluding tert-OH is 1. The van der Waals surface area contributed by atoms with Gasteiger partial charge >= 0.3 is 11.7 Å². The monoisotopic (exact) mass is 269 g/mol. The molecule has 0 aliphatic rings. The number of benzene rings is 1. The van der Waals surface area contributed by atoms with Crippen molar-refractivity contribution in [1.82, 2.24) is 0 Å². The van der Waals surface area contributed by atoms with Gasteiger partial charge in [-0.1, -0.05) is 6.07 Å². The Morgan fingerprint density at radius 2 is 2.21 bits per heavy atom. The van der Waals surface area contributed by atoms with Gasteiger partial charge in [0.2, 0.25) is 0 Å². The summed E-state index contributed by atoms with van der Waals surface area (Å²) >= 11 is 0. The molecule has 0 aliphatic carbocycles. The molecule has 19 heavy (non-hydrogen) atoms. The molecule has 104 valence electrons. The molecular weight excluding hydrogens is 254 g/mol. The van der Waals surface area contributed by atoms with Crippen molar-refractivity contribution in [2.45, 2.75) is 19.4 Å². The van der Waals surface area contributed by atoms with Gasteiger partial charge in [-0.2, -0.15) is 0 Å². The van der Waals surface area contributed by atoms with Crippen LogP contribution in [0.15, 0.2) is 18.2 Å². The summed E-state index contributed by atoms with van der Waals surface area (Å²) in [5.74, 6) is -0.235. The smallest absolute Gasteiger partial charge is 0.311 e. The lowest BCUT2D eigenvalue weighted by molar-refractivity contribution is -0.386. The topological polar surface area (TPSA) is 98.9 Å². The quantitative estimate of drug-likeness (QED) is 0.348. The Bertz CT molecular complexity index is 460. The van der Waals surface area contributed by atoms with Gasteiger partial charge in [0.25, 0.3) is 0 Å². The maximum Gasteiger partial charge on any atom is 0.311 e. The van der Waals surface area contributed by atoms with Crippen molar-refractivity contribution < 1.29 is 24.3 Å². The molecule has 1 aromatic carbocycles. The minimum atomic E-state index is -0.575. The van der Waals surface area contributed by atoms with Gasteiger partial charge in [0.1, 0.15) is 0 Å². The Morgan fingerprint density at radius 3 is 2.79 bits per heavy atom. The predicted octanol–water partition coefficient (Wildman–Crippen LogP) is 1.42. The number of aliphatic hydroxyl groups is 1. The highest BCUT2D eigenvalue weighted by Gasteiger charge is 2.15. The highest BCUT2D eigenvalue weighted by Crippen LogP contribution is 2.28. The van der Waals surface area contributed by atoms with Crippen LogP contribution in [0.1, 0.15) is 18.4 Å². The van der Waals surface area contributed by atoms with E-state index in [-0.39, 0.29) is 37.0 Å². The first-order chi connectivity index (χ1) is 9.08. The largest absolute Gasteiger partial charge is 0.487 e. The fourth-order valence-electron chi connectivity index (χ4n) is 1.43. The minimum Gasteiger partial charge on any atom is -0.487 e. The summed E-state index contributed by atoms with van der Waals surface area (Å²) in [5.41, 5.74) is 0.234. The number of hydrogen-bond acceptors (Lipinski definition) is 6. The first-order valence-corrected chi connectivity index (χ1v) is 5.66. The molecule has 7 nitrogen and oxygen atoms in total. The number of nitrogens with zero attached hydrogens (tertiary/aromatic N) is 1. The molecule has 0 aromatic heterocycles. The normalized spacial score (nSPS) is 10.0. The van der Waals surface area contributed by atoms with Gasteiger partial charge in [-0.25, -0.2) is 0 Å². The van der Waals surface area contributed by atoms with Crippen molar-refractivity contribution in [2.75, 3.05) is 13.7 Å². The molecule has 0 saturated heterocycles. The van der Waals surface area contributed by atoms with Crippen LogP contribution in [0.3, 0.4) is 0 Å². The van der Waals surface area contributed by atoms with Crippen LogP contribution in [0.4, 0.5) is 5.69 Å². The number of ether oxygens (including phenoxy) is 2. The SMILES string of the molecule is COC(=O)CCCOc1ccc(CO)cc1[N+](=O)[O-]. The average molecular weight is 269 g/mol. The van der Waals surface area contributed by atoms with Crippen LogP contribution >= 0.6 is 0 Å². The van der Waals surface area contributed by atoms with Gasteiger partial charge in [-0.3, -0.25) is 14.9 Å². The van der Waals surface area contributed by atoms with E-state index < -0.39 is 4.92 Å². The first kappa shape index (κ1) is 14.9. The standard InChI is InChI=1S/C12H15NO6/c1-18-12(15)3-2-6-19-11-5-4-9(8-14)7-10(11)13(16)17/h4-5,7,14H,2-3,6,8H2,1H3. The molecule has 1 rings (SSSR count). The molecule has 0 saturated carbocycles. The average Bonchev–Trinajstić information content (AvgIpc) is 2.43. The van der Waals surface area contributed by atoms with Gasteiger partial charge in [-0.05, 0) is 18.1 Å². The third kappa shape index (κ3) is 4.55. The van der Waals surface area contributed by atoms with Crippen LogP contribution in [-0.2, 0) is 16.1 Å². The molecule has 1 aromatic rings.